The van der Waals surface area contributed by atoms with Crippen LogP contribution in [-0.4, -0.2) is 58.4 Å². The minimum absolute atomic E-state index is 0. The van der Waals surface area contributed by atoms with Crippen LogP contribution in [0.4, 0.5) is 0 Å². The zero-order valence-electron chi connectivity index (χ0n) is 14.4. The highest BCUT2D eigenvalue weighted by Crippen LogP contribution is 2.31. The number of hydrogen-bond acceptors (Lipinski definition) is 6. The fourth-order valence-electron chi connectivity index (χ4n) is 3.55. The number of thiazole rings is 1. The molecule has 0 radical (unpaired) electrons. The Hall–Kier alpha value is -1.19. The number of nitrogens with one attached hydrogen (secondary N) is 1. The molecule has 2 aliphatic heterocycles. The number of hydrogen-bond donors (Lipinski definition) is 1. The Morgan fingerprint density at radius 1 is 1.38 bits per heavy atom. The Balaban J connectivity index is 0.00000121. The summed E-state index contributed by atoms with van der Waals surface area (Å²) in [6.07, 6.45) is 5.56. The second-order valence-electron chi connectivity index (χ2n) is 6.33. The van der Waals surface area contributed by atoms with Gasteiger partial charge < -0.3 is 15.0 Å². The molecule has 0 saturated carbocycles. The molecular weight excluding hydrogens is 397 g/mol. The minimum Gasteiger partial charge on any atom is -0.367 e. The average molecular weight is 420 g/mol. The summed E-state index contributed by atoms with van der Waals surface area (Å²) in [4.78, 5) is 19.4. The molecule has 0 spiro atoms. The van der Waals surface area contributed by atoms with Crippen LogP contribution in [0.15, 0.2) is 24.0 Å². The number of amides is 1. The van der Waals surface area contributed by atoms with Crippen molar-refractivity contribution in [1.82, 2.24) is 25.0 Å². The van der Waals surface area contributed by atoms with E-state index in [1.165, 1.54) is 0 Å². The van der Waals surface area contributed by atoms with E-state index < -0.39 is 0 Å². The average Bonchev–Trinajstić information content (AvgIpc) is 3.35. The Morgan fingerprint density at radius 3 is 2.92 bits per heavy atom. The number of halogens is 2. The SMILES string of the molecule is Cl.Cl.Cn1cc([C@H]2CNC[C@@H]2C(=O)N2CCOC(c3nccs3)C2)cn1. The van der Waals surface area contributed by atoms with Crippen LogP contribution in [0.5, 0.6) is 0 Å². The molecule has 10 heteroatoms. The molecule has 26 heavy (non-hydrogen) atoms. The lowest BCUT2D eigenvalue weighted by Crippen LogP contribution is -2.46. The van der Waals surface area contributed by atoms with Crippen LogP contribution in [-0.2, 0) is 16.6 Å². The minimum atomic E-state index is -0.103. The van der Waals surface area contributed by atoms with Crippen molar-refractivity contribution in [3.63, 3.8) is 0 Å². The van der Waals surface area contributed by atoms with Crippen LogP contribution in [0, 0.1) is 5.92 Å². The highest BCUT2D eigenvalue weighted by Gasteiger charge is 2.38. The molecule has 4 rings (SSSR count). The highest BCUT2D eigenvalue weighted by atomic mass is 35.5. The van der Waals surface area contributed by atoms with Gasteiger partial charge in [-0.1, -0.05) is 0 Å². The van der Waals surface area contributed by atoms with Gasteiger partial charge in [0.05, 0.1) is 25.3 Å². The summed E-state index contributed by atoms with van der Waals surface area (Å²) in [5, 5.41) is 10.5. The summed E-state index contributed by atoms with van der Waals surface area (Å²) in [6, 6.07) is 0. The first-order valence-electron chi connectivity index (χ1n) is 8.21. The Kier molecular flexibility index (Phi) is 7.42. The molecule has 1 unspecified atom stereocenters. The number of aryl methyl sites for hydroxylation is 1. The van der Waals surface area contributed by atoms with E-state index in [1.807, 2.05) is 29.7 Å². The fraction of sp³-hybridized carbons (Fsp3) is 0.562. The van der Waals surface area contributed by atoms with E-state index >= 15 is 0 Å². The van der Waals surface area contributed by atoms with Crippen molar-refractivity contribution >= 4 is 42.1 Å². The standard InChI is InChI=1S/C16H21N5O2S.2ClH/c1-20-9-11(6-19-20)12-7-17-8-13(12)16(22)21-3-4-23-14(10-21)15-18-2-5-24-15;;/h2,5-6,9,12-14,17H,3-4,7-8,10H2,1H3;2*1H/t12-,13+,14?;;/m1../s1. The number of aromatic nitrogens is 3. The lowest BCUT2D eigenvalue weighted by molar-refractivity contribution is -0.143. The zero-order valence-corrected chi connectivity index (χ0v) is 16.9. The van der Waals surface area contributed by atoms with Gasteiger partial charge in [-0.05, 0) is 5.56 Å². The van der Waals surface area contributed by atoms with Gasteiger partial charge in [0.1, 0.15) is 11.1 Å². The summed E-state index contributed by atoms with van der Waals surface area (Å²) in [6.45, 7) is 3.34. The summed E-state index contributed by atoms with van der Waals surface area (Å²) in [7, 11) is 1.91. The van der Waals surface area contributed by atoms with E-state index in [0.29, 0.717) is 19.7 Å². The number of morpholine rings is 1. The van der Waals surface area contributed by atoms with E-state index in [0.717, 1.165) is 23.7 Å². The highest BCUT2D eigenvalue weighted by molar-refractivity contribution is 7.09. The van der Waals surface area contributed by atoms with Crippen LogP contribution >= 0.6 is 36.2 Å². The van der Waals surface area contributed by atoms with Gasteiger partial charge in [0, 0.05) is 50.4 Å². The largest absolute Gasteiger partial charge is 0.367 e. The Labute approximate surface area is 168 Å². The molecule has 3 atom stereocenters. The fourth-order valence-corrected chi connectivity index (χ4v) is 4.22. The smallest absolute Gasteiger partial charge is 0.227 e. The predicted molar refractivity (Wildman–Crippen MR) is 104 cm³/mol. The molecule has 7 nitrogen and oxygen atoms in total. The van der Waals surface area contributed by atoms with Crippen molar-refractivity contribution in [3.05, 3.63) is 34.5 Å². The van der Waals surface area contributed by atoms with Crippen LogP contribution < -0.4 is 5.32 Å². The molecule has 1 amide bonds. The number of nitrogens with zero attached hydrogens (tertiary/aromatic N) is 4. The maximum absolute atomic E-state index is 13.1. The number of rotatable bonds is 3. The van der Waals surface area contributed by atoms with Gasteiger partial charge in [-0.25, -0.2) is 4.98 Å². The first kappa shape index (κ1) is 21.1. The van der Waals surface area contributed by atoms with E-state index in [-0.39, 0.29) is 48.7 Å². The molecule has 0 aliphatic carbocycles. The molecule has 2 saturated heterocycles. The molecule has 2 aromatic heterocycles. The third-order valence-corrected chi connectivity index (χ3v) is 5.66. The first-order valence-corrected chi connectivity index (χ1v) is 9.09. The molecule has 4 heterocycles. The molecule has 144 valence electrons. The van der Waals surface area contributed by atoms with Crippen LogP contribution in [0.2, 0.25) is 0 Å². The first-order chi connectivity index (χ1) is 11.7. The van der Waals surface area contributed by atoms with E-state index in [2.05, 4.69) is 15.4 Å². The number of carbonyl (C=O) groups is 1. The second-order valence-corrected chi connectivity index (χ2v) is 7.26. The summed E-state index contributed by atoms with van der Waals surface area (Å²) < 4.78 is 7.60. The van der Waals surface area contributed by atoms with Crippen molar-refractivity contribution in [3.8, 4) is 0 Å². The quantitative estimate of drug-likeness (QED) is 0.817. The topological polar surface area (TPSA) is 72.3 Å². The van der Waals surface area contributed by atoms with Gasteiger partial charge >= 0.3 is 0 Å². The molecule has 2 aromatic rings. The molecule has 0 bridgehead atoms. The van der Waals surface area contributed by atoms with E-state index in [4.69, 9.17) is 4.74 Å². The van der Waals surface area contributed by atoms with Gasteiger partial charge in [-0.15, -0.1) is 36.2 Å². The van der Waals surface area contributed by atoms with Crippen molar-refractivity contribution in [1.29, 1.82) is 0 Å². The number of carbonyl (C=O) groups excluding carboxylic acids is 1. The molecule has 0 aromatic carbocycles. The maximum atomic E-state index is 13.1. The zero-order chi connectivity index (χ0) is 16.5. The summed E-state index contributed by atoms with van der Waals surface area (Å²) in [5.74, 6) is 0.357. The monoisotopic (exact) mass is 419 g/mol. The predicted octanol–water partition coefficient (Wildman–Crippen LogP) is 1.62. The lowest BCUT2D eigenvalue weighted by atomic mass is 9.89. The van der Waals surface area contributed by atoms with Gasteiger partial charge in [-0.2, -0.15) is 5.10 Å². The van der Waals surface area contributed by atoms with Gasteiger partial charge in [0.15, 0.2) is 0 Å². The van der Waals surface area contributed by atoms with Crippen molar-refractivity contribution in [2.45, 2.75) is 12.0 Å². The van der Waals surface area contributed by atoms with E-state index in [1.54, 1.807) is 22.2 Å². The van der Waals surface area contributed by atoms with Crippen molar-refractivity contribution < 1.29 is 9.53 Å². The van der Waals surface area contributed by atoms with Crippen molar-refractivity contribution in [2.75, 3.05) is 32.8 Å². The Bertz CT molecular complexity index is 711. The van der Waals surface area contributed by atoms with Crippen LogP contribution in [0.3, 0.4) is 0 Å². The summed E-state index contributed by atoms with van der Waals surface area (Å²) in [5.41, 5.74) is 1.13. The maximum Gasteiger partial charge on any atom is 0.227 e. The van der Waals surface area contributed by atoms with Crippen molar-refractivity contribution in [2.24, 2.45) is 13.0 Å². The normalized spacial score (nSPS) is 25.4. The van der Waals surface area contributed by atoms with Gasteiger partial charge in [0.25, 0.3) is 0 Å². The third-order valence-electron chi connectivity index (χ3n) is 4.79. The second kappa shape index (κ2) is 9.14. The molecule has 1 N–H and O–H groups in total. The van der Waals surface area contributed by atoms with Gasteiger partial charge in [0.2, 0.25) is 5.91 Å². The van der Waals surface area contributed by atoms with Crippen LogP contribution in [0.25, 0.3) is 0 Å². The third kappa shape index (κ3) is 4.20. The van der Waals surface area contributed by atoms with Gasteiger partial charge in [-0.3, -0.25) is 9.48 Å². The Morgan fingerprint density at radius 2 is 2.23 bits per heavy atom. The molecule has 2 aliphatic rings. The molecular formula is C16H23Cl2N5O2S. The lowest BCUT2D eigenvalue weighted by Gasteiger charge is -2.34. The molecule has 2 fully saturated rings. The van der Waals surface area contributed by atoms with Crippen LogP contribution in [0.1, 0.15) is 22.6 Å². The van der Waals surface area contributed by atoms with E-state index in [9.17, 15) is 4.79 Å². The summed E-state index contributed by atoms with van der Waals surface area (Å²) >= 11 is 1.58. The number of ether oxygens (including phenoxy) is 1.